The quantitative estimate of drug-likeness (QED) is 0.189. The van der Waals surface area contributed by atoms with Crippen LogP contribution in [-0.4, -0.2) is 23.1 Å². The Bertz CT molecular complexity index is 887. The lowest BCUT2D eigenvalue weighted by molar-refractivity contribution is -0.111. The van der Waals surface area contributed by atoms with Gasteiger partial charge in [-0.05, 0) is 36.0 Å². The average Bonchev–Trinajstić information content (AvgIpc) is 3.02. The number of ketones is 2. The van der Waals surface area contributed by atoms with Crippen LogP contribution < -0.4 is 0 Å². The Hall–Kier alpha value is -2.30. The molecule has 28 heavy (non-hydrogen) atoms. The van der Waals surface area contributed by atoms with Gasteiger partial charge in [0.1, 0.15) is 0 Å². The normalized spacial score (nSPS) is 14.9. The van der Waals surface area contributed by atoms with Crippen LogP contribution in [0.25, 0.3) is 6.08 Å². The lowest BCUT2D eigenvalue weighted by Gasteiger charge is -2.10. The number of hydrogen-bond acceptors (Lipinski definition) is 4. The Labute approximate surface area is 174 Å². The van der Waals surface area contributed by atoms with E-state index in [9.17, 15) is 9.59 Å². The molecule has 1 aliphatic heterocycles. The third-order valence-electron chi connectivity index (χ3n) is 4.17. The van der Waals surface area contributed by atoms with Crippen LogP contribution in [0.4, 0.5) is 0 Å². The van der Waals surface area contributed by atoms with E-state index in [-0.39, 0.29) is 11.6 Å². The van der Waals surface area contributed by atoms with Crippen molar-refractivity contribution in [3.05, 3.63) is 99.8 Å². The minimum absolute atomic E-state index is 0.195. The Morgan fingerprint density at radius 1 is 0.786 bits per heavy atom. The van der Waals surface area contributed by atoms with Crippen molar-refractivity contribution >= 4 is 41.2 Å². The maximum Gasteiger partial charge on any atom is 0.198 e. The minimum Gasteiger partial charge on any atom is -0.289 e. The van der Waals surface area contributed by atoms with Gasteiger partial charge in [0.25, 0.3) is 0 Å². The summed E-state index contributed by atoms with van der Waals surface area (Å²) in [6.07, 6.45) is 9.19. The molecule has 0 spiro atoms. The molecule has 1 fully saturated rings. The molecule has 0 unspecified atom stereocenters. The molecule has 0 atom stereocenters. The smallest absolute Gasteiger partial charge is 0.198 e. The van der Waals surface area contributed by atoms with Crippen LogP contribution in [0.5, 0.6) is 0 Å². The van der Waals surface area contributed by atoms with Gasteiger partial charge in [-0.1, -0.05) is 78.9 Å². The number of hydrogen-bond donors (Lipinski definition) is 0. The van der Waals surface area contributed by atoms with Crippen molar-refractivity contribution in [3.63, 3.8) is 0 Å². The van der Waals surface area contributed by atoms with Crippen molar-refractivity contribution < 1.29 is 9.59 Å². The number of allylic oxidation sites excluding steroid dienone is 4. The van der Waals surface area contributed by atoms with Gasteiger partial charge in [-0.25, -0.2) is 0 Å². The first-order valence-electron chi connectivity index (χ1n) is 9.29. The standard InChI is InChI=1S/C24H22O2S2/c25-21(16-8-7-13-19-11-3-1-4-12-19)22(24-27-17-9-10-18-28-24)23(26)20-14-5-2-6-15-20/h1-8,11-16H,9-10,17-18H2/b13-7+,16-8+. The fraction of sp³-hybridized carbons (Fsp3) is 0.167. The summed E-state index contributed by atoms with van der Waals surface area (Å²) in [6.45, 7) is 0. The summed E-state index contributed by atoms with van der Waals surface area (Å²) in [5.41, 5.74) is 1.91. The number of benzene rings is 2. The molecule has 142 valence electrons. The molecule has 2 aromatic carbocycles. The Morgan fingerprint density at radius 2 is 1.39 bits per heavy atom. The predicted molar refractivity (Wildman–Crippen MR) is 122 cm³/mol. The molecular weight excluding hydrogens is 384 g/mol. The highest BCUT2D eigenvalue weighted by Crippen LogP contribution is 2.37. The second kappa shape index (κ2) is 10.9. The van der Waals surface area contributed by atoms with Gasteiger partial charge in [0, 0.05) is 5.56 Å². The van der Waals surface area contributed by atoms with Crippen LogP contribution in [0.3, 0.4) is 0 Å². The predicted octanol–water partition coefficient (Wildman–Crippen LogP) is 6.18. The third kappa shape index (κ3) is 5.85. The van der Waals surface area contributed by atoms with Gasteiger partial charge in [-0.2, -0.15) is 0 Å². The zero-order valence-electron chi connectivity index (χ0n) is 15.5. The van der Waals surface area contributed by atoms with Crippen molar-refractivity contribution in [1.82, 2.24) is 0 Å². The summed E-state index contributed by atoms with van der Waals surface area (Å²) in [4.78, 5) is 26.0. The second-order valence-electron chi connectivity index (χ2n) is 6.25. The first-order valence-corrected chi connectivity index (χ1v) is 11.3. The number of Topliss-reactive ketones (excluding diaryl/α,β-unsaturated/α-hetero) is 1. The molecule has 2 nitrogen and oxygen atoms in total. The van der Waals surface area contributed by atoms with E-state index in [2.05, 4.69) is 0 Å². The van der Waals surface area contributed by atoms with Crippen molar-refractivity contribution in [1.29, 1.82) is 0 Å². The van der Waals surface area contributed by atoms with Crippen molar-refractivity contribution in [2.45, 2.75) is 12.8 Å². The molecule has 1 aliphatic rings. The van der Waals surface area contributed by atoms with E-state index in [1.807, 2.05) is 60.7 Å². The summed E-state index contributed by atoms with van der Waals surface area (Å²) in [5, 5.41) is 0. The zero-order valence-corrected chi connectivity index (χ0v) is 17.2. The zero-order chi connectivity index (χ0) is 19.6. The maximum atomic E-state index is 13.1. The lowest BCUT2D eigenvalue weighted by Crippen LogP contribution is -2.13. The highest BCUT2D eigenvalue weighted by Gasteiger charge is 2.24. The monoisotopic (exact) mass is 406 g/mol. The largest absolute Gasteiger partial charge is 0.289 e. The van der Waals surface area contributed by atoms with Gasteiger partial charge in [0.05, 0.1) is 9.81 Å². The number of carbonyl (C=O) groups excluding carboxylic acids is 2. The number of thioether (sulfide) groups is 2. The van der Waals surface area contributed by atoms with Gasteiger partial charge < -0.3 is 0 Å². The summed E-state index contributed by atoms with van der Waals surface area (Å²) in [7, 11) is 0. The first-order chi connectivity index (χ1) is 13.8. The SMILES string of the molecule is O=C(/C=C/C=C/c1ccccc1)C(C(=O)c1ccccc1)=C1SCCCCS1. The van der Waals surface area contributed by atoms with E-state index in [4.69, 9.17) is 0 Å². The Kier molecular flexibility index (Phi) is 7.94. The van der Waals surface area contributed by atoms with Crippen LogP contribution in [0.2, 0.25) is 0 Å². The Morgan fingerprint density at radius 3 is 2.04 bits per heavy atom. The molecule has 0 amide bonds. The molecule has 0 saturated carbocycles. The fourth-order valence-corrected chi connectivity index (χ4v) is 5.29. The highest BCUT2D eigenvalue weighted by atomic mass is 32.2. The number of rotatable bonds is 6. The van der Waals surface area contributed by atoms with E-state index < -0.39 is 0 Å². The van der Waals surface area contributed by atoms with Crippen molar-refractivity contribution in [2.75, 3.05) is 11.5 Å². The lowest BCUT2D eigenvalue weighted by atomic mass is 10.0. The minimum atomic E-state index is -0.233. The van der Waals surface area contributed by atoms with Gasteiger partial charge in [0.2, 0.25) is 0 Å². The molecular formula is C24H22O2S2. The number of carbonyl (C=O) groups is 2. The first kappa shape index (κ1) is 20.4. The topological polar surface area (TPSA) is 34.1 Å². The van der Waals surface area contributed by atoms with E-state index in [0.29, 0.717) is 11.1 Å². The molecule has 4 heteroatoms. The molecule has 1 saturated heterocycles. The highest BCUT2D eigenvalue weighted by molar-refractivity contribution is 8.22. The van der Waals surface area contributed by atoms with Crippen LogP contribution in [0.1, 0.15) is 28.8 Å². The van der Waals surface area contributed by atoms with Gasteiger partial charge >= 0.3 is 0 Å². The van der Waals surface area contributed by atoms with Gasteiger partial charge in [0.15, 0.2) is 11.6 Å². The van der Waals surface area contributed by atoms with Crippen LogP contribution in [-0.2, 0) is 4.79 Å². The van der Waals surface area contributed by atoms with E-state index in [0.717, 1.165) is 34.1 Å². The molecule has 1 heterocycles. The molecule has 0 aromatic heterocycles. The van der Waals surface area contributed by atoms with Crippen molar-refractivity contribution in [3.8, 4) is 0 Å². The molecule has 0 N–H and O–H groups in total. The summed E-state index contributed by atoms with van der Waals surface area (Å²) in [5.74, 6) is 1.46. The average molecular weight is 407 g/mol. The maximum absolute atomic E-state index is 13.1. The Balaban J connectivity index is 1.84. The van der Waals surface area contributed by atoms with Crippen LogP contribution >= 0.6 is 23.5 Å². The fourth-order valence-electron chi connectivity index (χ4n) is 2.72. The van der Waals surface area contributed by atoms with Crippen molar-refractivity contribution in [2.24, 2.45) is 0 Å². The second-order valence-corrected chi connectivity index (χ2v) is 8.72. The van der Waals surface area contributed by atoms with E-state index in [1.165, 1.54) is 6.08 Å². The summed E-state index contributed by atoms with van der Waals surface area (Å²) < 4.78 is 0.855. The summed E-state index contributed by atoms with van der Waals surface area (Å²) in [6, 6.07) is 18.9. The van der Waals surface area contributed by atoms with Gasteiger partial charge in [-0.3, -0.25) is 9.59 Å². The molecule has 3 rings (SSSR count). The van der Waals surface area contributed by atoms with Crippen LogP contribution in [0.15, 0.2) is 88.7 Å². The molecule has 0 radical (unpaired) electrons. The molecule has 2 aromatic rings. The molecule has 0 bridgehead atoms. The van der Waals surface area contributed by atoms with Crippen LogP contribution in [0, 0.1) is 0 Å². The molecule has 0 aliphatic carbocycles. The third-order valence-corrected chi connectivity index (χ3v) is 6.79. The summed E-state index contributed by atoms with van der Waals surface area (Å²) >= 11 is 3.26. The van der Waals surface area contributed by atoms with Gasteiger partial charge in [-0.15, -0.1) is 23.5 Å². The van der Waals surface area contributed by atoms with E-state index in [1.54, 1.807) is 41.7 Å². The van der Waals surface area contributed by atoms with E-state index >= 15 is 0 Å².